The first-order valence-electron chi connectivity index (χ1n) is 8.30. The molecule has 134 valence electrons. The molecule has 1 N–H and O–H groups in total. The van der Waals surface area contributed by atoms with Gasteiger partial charge in [0.2, 0.25) is 0 Å². The van der Waals surface area contributed by atoms with E-state index in [0.717, 1.165) is 26.9 Å². The fourth-order valence-electron chi connectivity index (χ4n) is 2.70. The summed E-state index contributed by atoms with van der Waals surface area (Å²) in [7, 11) is -3.38. The summed E-state index contributed by atoms with van der Waals surface area (Å²) in [4.78, 5) is 0.359. The number of halogens is 1. The molecule has 0 heterocycles. The monoisotopic (exact) mass is 429 g/mol. The van der Waals surface area contributed by atoms with Gasteiger partial charge in [-0.2, -0.15) is 0 Å². The zero-order valence-electron chi connectivity index (χ0n) is 14.4. The van der Waals surface area contributed by atoms with Gasteiger partial charge >= 0.3 is 0 Å². The van der Waals surface area contributed by atoms with Gasteiger partial charge in [-0.15, -0.1) is 0 Å². The molecule has 0 aromatic heterocycles. The maximum atomic E-state index is 12.8. The molecule has 0 unspecified atom stereocenters. The number of sulfone groups is 1. The van der Waals surface area contributed by atoms with Crippen LogP contribution in [-0.4, -0.2) is 8.42 Å². The Labute approximate surface area is 163 Å². The highest BCUT2D eigenvalue weighted by molar-refractivity contribution is 9.10. The molecule has 0 radical (unpaired) electrons. The Morgan fingerprint density at radius 2 is 1.58 bits per heavy atom. The van der Waals surface area contributed by atoms with Crippen LogP contribution >= 0.6 is 15.9 Å². The molecule has 0 aliphatic carbocycles. The summed E-state index contributed by atoms with van der Waals surface area (Å²) in [6.45, 7) is 2.51. The summed E-state index contributed by atoms with van der Waals surface area (Å²) in [6, 6.07) is 22.5. The van der Waals surface area contributed by atoms with E-state index in [-0.39, 0.29) is 5.75 Å². The molecule has 0 atom stereocenters. The van der Waals surface area contributed by atoms with Crippen LogP contribution in [0.15, 0.2) is 82.2 Å². The van der Waals surface area contributed by atoms with Crippen molar-refractivity contribution in [2.75, 3.05) is 5.32 Å². The summed E-state index contributed by atoms with van der Waals surface area (Å²) < 4.78 is 26.5. The zero-order valence-corrected chi connectivity index (χ0v) is 16.8. The molecule has 0 amide bonds. The largest absolute Gasteiger partial charge is 0.381 e. The summed E-state index contributed by atoms with van der Waals surface area (Å²) in [5.41, 5.74) is 3.82. The topological polar surface area (TPSA) is 46.2 Å². The van der Waals surface area contributed by atoms with Crippen LogP contribution in [0.3, 0.4) is 0 Å². The van der Waals surface area contributed by atoms with Gasteiger partial charge in [0.15, 0.2) is 9.84 Å². The number of benzene rings is 3. The molecule has 26 heavy (non-hydrogen) atoms. The molecule has 0 spiro atoms. The first kappa shape index (κ1) is 18.7. The van der Waals surface area contributed by atoms with Crippen molar-refractivity contribution >= 4 is 31.5 Å². The highest BCUT2D eigenvalue weighted by atomic mass is 79.9. The van der Waals surface area contributed by atoms with Gasteiger partial charge < -0.3 is 5.32 Å². The van der Waals surface area contributed by atoms with Crippen LogP contribution in [0.5, 0.6) is 0 Å². The van der Waals surface area contributed by atoms with Crippen molar-refractivity contribution in [3.63, 3.8) is 0 Å². The molecule has 0 aliphatic rings. The fourth-order valence-corrected chi connectivity index (χ4v) is 4.51. The van der Waals surface area contributed by atoms with E-state index in [0.29, 0.717) is 11.4 Å². The van der Waals surface area contributed by atoms with E-state index in [1.165, 1.54) is 0 Å². The van der Waals surface area contributed by atoms with Crippen molar-refractivity contribution in [2.45, 2.75) is 24.1 Å². The zero-order chi connectivity index (χ0) is 18.6. The van der Waals surface area contributed by atoms with Crippen molar-refractivity contribution in [3.05, 3.63) is 94.0 Å². The Balaban J connectivity index is 1.79. The van der Waals surface area contributed by atoms with Crippen LogP contribution in [0, 0.1) is 6.92 Å². The van der Waals surface area contributed by atoms with E-state index in [1.807, 2.05) is 67.6 Å². The highest BCUT2D eigenvalue weighted by Crippen LogP contribution is 2.21. The smallest absolute Gasteiger partial charge is 0.182 e. The fraction of sp³-hybridized carbons (Fsp3) is 0.143. The number of anilines is 1. The molecule has 3 nitrogen and oxygen atoms in total. The average Bonchev–Trinajstić information content (AvgIpc) is 2.61. The third kappa shape index (κ3) is 4.74. The molecule has 3 aromatic carbocycles. The number of hydrogen-bond acceptors (Lipinski definition) is 3. The van der Waals surface area contributed by atoms with Crippen LogP contribution < -0.4 is 5.32 Å². The van der Waals surface area contributed by atoms with Gasteiger partial charge in [0.25, 0.3) is 0 Å². The Hall–Kier alpha value is -2.11. The van der Waals surface area contributed by atoms with Crippen molar-refractivity contribution in [1.29, 1.82) is 0 Å². The van der Waals surface area contributed by atoms with Crippen molar-refractivity contribution in [2.24, 2.45) is 0 Å². The van der Waals surface area contributed by atoms with Crippen LogP contribution in [-0.2, 0) is 22.1 Å². The van der Waals surface area contributed by atoms with Gasteiger partial charge in [-0.1, -0.05) is 64.0 Å². The molecule has 0 bridgehead atoms. The Kier molecular flexibility index (Phi) is 5.79. The van der Waals surface area contributed by atoms with Crippen molar-refractivity contribution < 1.29 is 8.42 Å². The van der Waals surface area contributed by atoms with Gasteiger partial charge in [-0.05, 0) is 48.4 Å². The highest BCUT2D eigenvalue weighted by Gasteiger charge is 2.17. The predicted molar refractivity (Wildman–Crippen MR) is 110 cm³/mol. The van der Waals surface area contributed by atoms with E-state index < -0.39 is 9.84 Å². The van der Waals surface area contributed by atoms with Gasteiger partial charge in [0.1, 0.15) is 0 Å². The van der Waals surface area contributed by atoms with Crippen LogP contribution in [0.2, 0.25) is 0 Å². The van der Waals surface area contributed by atoms with Crippen LogP contribution in [0.25, 0.3) is 0 Å². The Bertz CT molecular complexity index is 999. The van der Waals surface area contributed by atoms with Gasteiger partial charge in [-0.25, -0.2) is 8.42 Å². The molecule has 0 saturated carbocycles. The summed E-state index contributed by atoms with van der Waals surface area (Å²) in [5, 5.41) is 3.35. The van der Waals surface area contributed by atoms with Crippen LogP contribution in [0.1, 0.15) is 16.7 Å². The molecule has 5 heteroatoms. The standard InChI is InChI=1S/C21H20BrNO2S/c1-16-9-11-21(12-10-16)26(24,25)15-18-6-3-2-5-17(18)14-23-20-8-4-7-19(22)13-20/h2-13,23H,14-15H2,1H3. The Morgan fingerprint density at radius 1 is 0.885 bits per heavy atom. The SMILES string of the molecule is Cc1ccc(S(=O)(=O)Cc2ccccc2CNc2cccc(Br)c2)cc1. The number of aryl methyl sites for hydroxylation is 1. The molecular weight excluding hydrogens is 410 g/mol. The molecule has 0 fully saturated rings. The molecule has 0 aliphatic heterocycles. The van der Waals surface area contributed by atoms with Gasteiger partial charge in [0.05, 0.1) is 10.6 Å². The van der Waals surface area contributed by atoms with E-state index in [1.54, 1.807) is 12.1 Å². The Morgan fingerprint density at radius 3 is 2.27 bits per heavy atom. The second-order valence-electron chi connectivity index (χ2n) is 6.20. The minimum atomic E-state index is -3.38. The lowest BCUT2D eigenvalue weighted by molar-refractivity contribution is 0.595. The minimum Gasteiger partial charge on any atom is -0.381 e. The maximum absolute atomic E-state index is 12.8. The van der Waals surface area contributed by atoms with Crippen molar-refractivity contribution in [1.82, 2.24) is 0 Å². The van der Waals surface area contributed by atoms with E-state index in [9.17, 15) is 8.42 Å². The summed E-state index contributed by atoms with van der Waals surface area (Å²) in [6.07, 6.45) is 0. The molecule has 3 aromatic rings. The lowest BCUT2D eigenvalue weighted by Crippen LogP contribution is -2.09. The average molecular weight is 430 g/mol. The molecular formula is C21H20BrNO2S. The summed E-state index contributed by atoms with van der Waals surface area (Å²) >= 11 is 3.45. The summed E-state index contributed by atoms with van der Waals surface area (Å²) in [5.74, 6) is -0.00754. The van der Waals surface area contributed by atoms with E-state index >= 15 is 0 Å². The number of nitrogens with one attached hydrogen (secondary N) is 1. The number of rotatable bonds is 6. The van der Waals surface area contributed by atoms with Gasteiger partial charge in [0, 0.05) is 16.7 Å². The first-order valence-corrected chi connectivity index (χ1v) is 10.7. The lowest BCUT2D eigenvalue weighted by Gasteiger charge is -2.12. The van der Waals surface area contributed by atoms with Crippen molar-refractivity contribution in [3.8, 4) is 0 Å². The lowest BCUT2D eigenvalue weighted by atomic mass is 10.1. The quantitative estimate of drug-likeness (QED) is 0.574. The minimum absolute atomic E-state index is 0.00754. The number of hydrogen-bond donors (Lipinski definition) is 1. The maximum Gasteiger partial charge on any atom is 0.182 e. The normalized spacial score (nSPS) is 11.3. The predicted octanol–water partition coefficient (Wildman–Crippen LogP) is 5.34. The van der Waals surface area contributed by atoms with E-state index in [2.05, 4.69) is 21.2 Å². The third-order valence-electron chi connectivity index (χ3n) is 4.15. The molecule has 0 saturated heterocycles. The first-order chi connectivity index (χ1) is 12.4. The van der Waals surface area contributed by atoms with Crippen LogP contribution in [0.4, 0.5) is 5.69 Å². The second kappa shape index (κ2) is 8.06. The second-order valence-corrected chi connectivity index (χ2v) is 9.11. The van der Waals surface area contributed by atoms with E-state index in [4.69, 9.17) is 0 Å². The molecule has 3 rings (SSSR count). The third-order valence-corrected chi connectivity index (χ3v) is 6.33. The van der Waals surface area contributed by atoms with Gasteiger partial charge in [-0.3, -0.25) is 0 Å².